The molecule has 1 amide bonds. The highest BCUT2D eigenvalue weighted by atomic mass is 35.5. The molecule has 0 aliphatic heterocycles. The van der Waals surface area contributed by atoms with E-state index in [0.717, 1.165) is 10.1 Å². The minimum absolute atomic E-state index is 0.117. The first-order chi connectivity index (χ1) is 13.2. The summed E-state index contributed by atoms with van der Waals surface area (Å²) in [4.78, 5) is 29.0. The van der Waals surface area contributed by atoms with Gasteiger partial charge in [-0.15, -0.1) is 0 Å². The van der Waals surface area contributed by atoms with Gasteiger partial charge >= 0.3 is 11.9 Å². The van der Waals surface area contributed by atoms with E-state index in [0.29, 0.717) is 0 Å². The van der Waals surface area contributed by atoms with Gasteiger partial charge in [-0.3, -0.25) is 4.90 Å². The summed E-state index contributed by atoms with van der Waals surface area (Å²) in [7, 11) is 0. The molecule has 0 aliphatic rings. The lowest BCUT2D eigenvalue weighted by Gasteiger charge is -2.26. The average molecular weight is 404 g/mol. The van der Waals surface area contributed by atoms with Gasteiger partial charge in [-0.1, -0.05) is 34.8 Å². The fraction of sp³-hybridized carbons (Fsp3) is 0.278. The number of ether oxygens (including phenoxy) is 1. The van der Waals surface area contributed by atoms with Crippen molar-refractivity contribution >= 4 is 34.8 Å². The molecule has 0 unspecified atom stereocenters. The van der Waals surface area contributed by atoms with Gasteiger partial charge in [0.25, 0.3) is 5.28 Å². The van der Waals surface area contributed by atoms with E-state index in [1.807, 2.05) is 30.3 Å². The zero-order chi connectivity index (χ0) is 20.5. The Hall–Kier alpha value is -3.20. The number of fused-ring (bicyclic) bond motifs is 1. The first-order valence-electron chi connectivity index (χ1n) is 8.40. The summed E-state index contributed by atoms with van der Waals surface area (Å²) in [6.45, 7) is 5.38. The van der Waals surface area contributed by atoms with Gasteiger partial charge in [0, 0.05) is 6.07 Å². The Morgan fingerprint density at radius 1 is 1.25 bits per heavy atom. The molecule has 0 N–H and O–H groups in total. The minimum atomic E-state index is -0.743. The van der Waals surface area contributed by atoms with Crippen LogP contribution in [0.4, 0.5) is 16.4 Å². The molecule has 28 heavy (non-hydrogen) atoms. The fourth-order valence-corrected chi connectivity index (χ4v) is 2.74. The molecule has 0 fully saturated rings. The number of aromatic nitrogens is 3. The molecule has 10 heteroatoms. The van der Waals surface area contributed by atoms with Gasteiger partial charge in [0.05, 0.1) is 6.54 Å². The van der Waals surface area contributed by atoms with E-state index in [4.69, 9.17) is 16.3 Å². The van der Waals surface area contributed by atoms with Gasteiger partial charge in [0.1, 0.15) is 5.60 Å². The molecule has 3 aromatic rings. The summed E-state index contributed by atoms with van der Waals surface area (Å²) in [5.41, 5.74) is 0.341. The number of amides is 1. The minimum Gasteiger partial charge on any atom is -0.443 e. The van der Waals surface area contributed by atoms with Crippen molar-refractivity contribution in [2.45, 2.75) is 32.9 Å². The Morgan fingerprint density at radius 3 is 2.54 bits per heavy atom. The van der Waals surface area contributed by atoms with Crippen molar-refractivity contribution in [1.82, 2.24) is 14.6 Å². The van der Waals surface area contributed by atoms with E-state index in [2.05, 4.69) is 10.1 Å². The Kier molecular flexibility index (Phi) is 5.19. The average Bonchev–Trinajstić information content (AvgIpc) is 3.02. The van der Waals surface area contributed by atoms with Crippen LogP contribution < -0.4 is 4.90 Å². The first kappa shape index (κ1) is 19.6. The van der Waals surface area contributed by atoms with Crippen LogP contribution in [-0.4, -0.2) is 31.2 Å². The van der Waals surface area contributed by atoms with Crippen LogP contribution in [0.25, 0.3) is 5.52 Å². The second-order valence-corrected chi connectivity index (χ2v) is 7.34. The number of benzene rings is 1. The maximum Gasteiger partial charge on any atom is 0.416 e. The van der Waals surface area contributed by atoms with Gasteiger partial charge in [-0.2, -0.15) is 4.98 Å². The maximum absolute atomic E-state index is 12.9. The largest absolute Gasteiger partial charge is 0.443 e. The van der Waals surface area contributed by atoms with Crippen molar-refractivity contribution in [3.05, 3.63) is 63.4 Å². The number of anilines is 1. The quantitative estimate of drug-likeness (QED) is 0.477. The van der Waals surface area contributed by atoms with E-state index in [1.165, 1.54) is 17.0 Å². The first-order valence-corrected chi connectivity index (χ1v) is 8.77. The number of rotatable bonds is 4. The summed E-state index contributed by atoms with van der Waals surface area (Å²) in [6.07, 6.45) is -0.656. The van der Waals surface area contributed by atoms with E-state index in [-0.39, 0.29) is 29.0 Å². The number of carbonyl (C=O) groups excluding carboxylic acids is 1. The van der Waals surface area contributed by atoms with Gasteiger partial charge in [-0.05, 0) is 54.0 Å². The van der Waals surface area contributed by atoms with Crippen LogP contribution in [0.15, 0.2) is 42.5 Å². The van der Waals surface area contributed by atoms with Crippen molar-refractivity contribution in [1.29, 1.82) is 0 Å². The topological polar surface area (TPSA) is 103 Å². The van der Waals surface area contributed by atoms with Gasteiger partial charge in [0.15, 0.2) is 11.3 Å². The Bertz CT molecular complexity index is 1030. The third kappa shape index (κ3) is 4.20. The molecule has 2 heterocycles. The van der Waals surface area contributed by atoms with Crippen molar-refractivity contribution in [3.8, 4) is 0 Å². The van der Waals surface area contributed by atoms with Crippen LogP contribution in [0.5, 0.6) is 0 Å². The number of carbonyl (C=O) groups is 1. The number of halogens is 1. The number of hydrogen-bond acceptors (Lipinski definition) is 6. The molecular formula is C18H18ClN5O4. The number of nitrogens with zero attached hydrogens (tertiary/aromatic N) is 5. The van der Waals surface area contributed by atoms with Crippen LogP contribution in [0.3, 0.4) is 0 Å². The lowest BCUT2D eigenvalue weighted by Crippen LogP contribution is -2.37. The summed E-state index contributed by atoms with van der Waals surface area (Å²) in [5, 5.41) is 14.9. The Balaban J connectivity index is 2.14. The molecule has 2 aromatic heterocycles. The highest BCUT2D eigenvalue weighted by Crippen LogP contribution is 2.28. The van der Waals surface area contributed by atoms with Crippen LogP contribution in [0.2, 0.25) is 5.28 Å². The molecule has 0 radical (unpaired) electrons. The predicted molar refractivity (Wildman–Crippen MR) is 104 cm³/mol. The molecule has 3 rings (SSSR count). The molecule has 9 nitrogen and oxygen atoms in total. The van der Waals surface area contributed by atoms with Crippen LogP contribution >= 0.6 is 11.6 Å². The van der Waals surface area contributed by atoms with E-state index >= 15 is 0 Å². The summed E-state index contributed by atoms with van der Waals surface area (Å²) in [6, 6.07) is 12.0. The number of hydrogen-bond donors (Lipinski definition) is 0. The lowest BCUT2D eigenvalue weighted by atomic mass is 10.2. The molecule has 0 saturated carbocycles. The summed E-state index contributed by atoms with van der Waals surface area (Å²) < 4.78 is 6.56. The van der Waals surface area contributed by atoms with Crippen molar-refractivity contribution < 1.29 is 14.5 Å². The summed E-state index contributed by atoms with van der Waals surface area (Å²) in [5.74, 6) is -0.171. The second-order valence-electron chi connectivity index (χ2n) is 7.00. The van der Waals surface area contributed by atoms with Crippen molar-refractivity contribution in [3.63, 3.8) is 0 Å². The standard InChI is InChI=1S/C18H18ClN5O4/c1-18(2,3)28-17(25)22(11-12-7-5-4-6-8-12)15-13-9-10-14(24(26)27)23(13)21-16(19)20-15/h4-10H,11H2,1-3H3. The molecule has 0 atom stereocenters. The second kappa shape index (κ2) is 7.43. The molecular weight excluding hydrogens is 386 g/mol. The monoisotopic (exact) mass is 403 g/mol. The van der Waals surface area contributed by atoms with Crippen molar-refractivity contribution in [2.24, 2.45) is 0 Å². The van der Waals surface area contributed by atoms with Gasteiger partial charge in [-0.25, -0.2) is 4.79 Å². The third-order valence-corrected chi connectivity index (χ3v) is 3.85. The predicted octanol–water partition coefficient (Wildman–Crippen LogP) is 4.23. The molecule has 146 valence electrons. The lowest BCUT2D eigenvalue weighted by molar-refractivity contribution is -0.390. The maximum atomic E-state index is 12.9. The molecule has 0 bridgehead atoms. The zero-order valence-electron chi connectivity index (χ0n) is 15.5. The number of nitro groups is 1. The molecule has 0 saturated heterocycles. The Morgan fingerprint density at radius 2 is 1.93 bits per heavy atom. The van der Waals surface area contributed by atoms with E-state index in [9.17, 15) is 14.9 Å². The highest BCUT2D eigenvalue weighted by molar-refractivity contribution is 6.28. The van der Waals surface area contributed by atoms with Gasteiger partial charge < -0.3 is 14.9 Å². The molecule has 0 spiro atoms. The Labute approximate surface area is 165 Å². The normalized spacial score (nSPS) is 11.4. The van der Waals surface area contributed by atoms with Crippen LogP contribution in [0.1, 0.15) is 26.3 Å². The van der Waals surface area contributed by atoms with E-state index in [1.54, 1.807) is 20.8 Å². The third-order valence-electron chi connectivity index (χ3n) is 3.69. The molecule has 0 aliphatic carbocycles. The van der Waals surface area contributed by atoms with Crippen LogP contribution in [0, 0.1) is 10.1 Å². The zero-order valence-corrected chi connectivity index (χ0v) is 16.3. The van der Waals surface area contributed by atoms with E-state index < -0.39 is 16.6 Å². The fourth-order valence-electron chi connectivity index (χ4n) is 2.59. The molecule has 1 aromatic carbocycles. The SMILES string of the molecule is CC(C)(C)OC(=O)N(Cc1ccccc1)c1nc(Cl)nn2c([N+](=O)[O-])ccc12. The highest BCUT2D eigenvalue weighted by Gasteiger charge is 2.30. The van der Waals surface area contributed by atoms with Crippen LogP contribution in [-0.2, 0) is 11.3 Å². The smallest absolute Gasteiger partial charge is 0.416 e. The van der Waals surface area contributed by atoms with Crippen molar-refractivity contribution in [2.75, 3.05) is 4.90 Å². The summed E-state index contributed by atoms with van der Waals surface area (Å²) >= 11 is 6.00. The van der Waals surface area contributed by atoms with Gasteiger partial charge in [0.2, 0.25) is 0 Å².